The van der Waals surface area contributed by atoms with E-state index < -0.39 is 6.17 Å². The lowest BCUT2D eigenvalue weighted by atomic mass is 10.1. The van der Waals surface area contributed by atoms with Crippen molar-refractivity contribution in [2.45, 2.75) is 45.7 Å². The van der Waals surface area contributed by atoms with Gasteiger partial charge in [-0.2, -0.15) is 5.10 Å². The minimum atomic E-state index is -0.831. The molecule has 7 nitrogen and oxygen atoms in total. The second-order valence-corrected chi connectivity index (χ2v) is 8.63. The molecule has 0 amide bonds. The van der Waals surface area contributed by atoms with Crippen LogP contribution in [-0.2, 0) is 12.8 Å². The Morgan fingerprint density at radius 1 is 0.973 bits per heavy atom. The van der Waals surface area contributed by atoms with Crippen molar-refractivity contribution in [1.29, 1.82) is 0 Å². The Kier molecular flexibility index (Phi) is 8.08. The molecule has 5 aromatic rings. The van der Waals surface area contributed by atoms with Gasteiger partial charge in [-0.3, -0.25) is 4.57 Å². The van der Waals surface area contributed by atoms with Gasteiger partial charge < -0.3 is 5.73 Å². The molecule has 4 aromatic heterocycles. The van der Waals surface area contributed by atoms with Crippen LogP contribution in [0.1, 0.15) is 37.8 Å². The van der Waals surface area contributed by atoms with Gasteiger partial charge in [0.2, 0.25) is 0 Å². The molecule has 0 radical (unpaired) electrons. The molecular weight excluding hydrogens is 465 g/mol. The van der Waals surface area contributed by atoms with Crippen molar-refractivity contribution in [2.24, 2.45) is 0 Å². The standard InChI is InChI=1S/C23H18FN7.C4H10.C2H4/c24-16-11-14-4-5-17(13-15(14)12-16)31-22(18-3-1-8-26-21(18)25)28-19-6-7-20(29-23(19)31)30-10-2-9-27-30;1-3-4-2;1-2/h1-10,13,16H,11-12H2,(H2,25,26);3-4H2,1-2H3;1-2H2. The van der Waals surface area contributed by atoms with E-state index in [2.05, 4.69) is 37.1 Å². The number of rotatable bonds is 4. The molecule has 0 spiro atoms. The number of nitrogens with two attached hydrogens (primary N) is 1. The molecule has 2 N–H and O–H groups in total. The molecule has 8 heteroatoms. The summed E-state index contributed by atoms with van der Waals surface area (Å²) in [6.07, 6.45) is 7.89. The molecule has 190 valence electrons. The Hall–Kier alpha value is -4.33. The normalized spacial score (nSPS) is 13.9. The first kappa shape index (κ1) is 25.8. The molecule has 1 aliphatic carbocycles. The molecule has 0 saturated heterocycles. The van der Waals surface area contributed by atoms with E-state index in [-0.39, 0.29) is 0 Å². The summed E-state index contributed by atoms with van der Waals surface area (Å²) in [5.41, 5.74) is 11.2. The monoisotopic (exact) mass is 497 g/mol. The highest BCUT2D eigenvalue weighted by Gasteiger charge is 2.23. The maximum Gasteiger partial charge on any atom is 0.167 e. The number of nitrogens with zero attached hydrogens (tertiary/aromatic N) is 6. The minimum absolute atomic E-state index is 0.385. The second kappa shape index (κ2) is 11.6. The number of alkyl halides is 1. The van der Waals surface area contributed by atoms with Gasteiger partial charge in [0.15, 0.2) is 17.3 Å². The SMILES string of the molecule is C=C.CCCC.Nc1ncccc1-c1nc2ccc(-n3cccn3)nc2n1-c1ccc2c(c1)CC(F)C2. The van der Waals surface area contributed by atoms with Crippen molar-refractivity contribution in [3.8, 4) is 22.9 Å². The molecule has 0 aliphatic heterocycles. The minimum Gasteiger partial charge on any atom is -0.383 e. The van der Waals surface area contributed by atoms with Gasteiger partial charge in [-0.15, -0.1) is 13.2 Å². The van der Waals surface area contributed by atoms with Crippen molar-refractivity contribution >= 4 is 17.0 Å². The Bertz CT molecular complexity index is 1470. The summed E-state index contributed by atoms with van der Waals surface area (Å²) in [6.45, 7) is 10.4. The molecule has 37 heavy (non-hydrogen) atoms. The Morgan fingerprint density at radius 2 is 1.76 bits per heavy atom. The summed E-state index contributed by atoms with van der Waals surface area (Å²) in [5, 5.41) is 4.28. The van der Waals surface area contributed by atoms with Crippen LogP contribution in [0.25, 0.3) is 34.1 Å². The van der Waals surface area contributed by atoms with Gasteiger partial charge in [-0.1, -0.05) is 32.8 Å². The fourth-order valence-corrected chi connectivity index (χ4v) is 4.20. The summed E-state index contributed by atoms with van der Waals surface area (Å²) in [5.74, 6) is 1.70. The van der Waals surface area contributed by atoms with E-state index in [1.54, 1.807) is 17.1 Å². The van der Waals surface area contributed by atoms with Crippen LogP contribution < -0.4 is 5.73 Å². The molecule has 1 atom stereocenters. The zero-order valence-corrected chi connectivity index (χ0v) is 21.3. The molecule has 0 bridgehead atoms. The third-order valence-electron chi connectivity index (χ3n) is 6.14. The number of fused-ring (bicyclic) bond motifs is 2. The van der Waals surface area contributed by atoms with Crippen LogP contribution in [0.2, 0.25) is 0 Å². The van der Waals surface area contributed by atoms with Crippen molar-refractivity contribution in [2.75, 3.05) is 5.73 Å². The molecular formula is C29H32FN7. The maximum absolute atomic E-state index is 14.0. The largest absolute Gasteiger partial charge is 0.383 e. The molecule has 1 aromatic carbocycles. The van der Waals surface area contributed by atoms with Gasteiger partial charge in [-0.05, 0) is 53.6 Å². The first-order chi connectivity index (χ1) is 18.1. The van der Waals surface area contributed by atoms with E-state index in [1.165, 1.54) is 12.8 Å². The Labute approximate surface area is 216 Å². The molecule has 0 saturated carbocycles. The summed E-state index contributed by atoms with van der Waals surface area (Å²) >= 11 is 0. The van der Waals surface area contributed by atoms with E-state index in [9.17, 15) is 4.39 Å². The van der Waals surface area contributed by atoms with Crippen molar-refractivity contribution in [3.05, 3.63) is 91.4 Å². The number of halogens is 1. The average molecular weight is 498 g/mol. The summed E-state index contributed by atoms with van der Waals surface area (Å²) in [6, 6.07) is 15.3. The highest BCUT2D eigenvalue weighted by atomic mass is 19.1. The highest BCUT2D eigenvalue weighted by molar-refractivity contribution is 5.83. The molecule has 1 unspecified atom stereocenters. The number of unbranched alkanes of at least 4 members (excludes halogenated alkanes) is 1. The van der Waals surface area contributed by atoms with E-state index in [4.69, 9.17) is 15.7 Å². The summed E-state index contributed by atoms with van der Waals surface area (Å²) in [4.78, 5) is 13.9. The second-order valence-electron chi connectivity index (χ2n) is 8.63. The van der Waals surface area contributed by atoms with Crippen LogP contribution in [-0.4, -0.2) is 35.5 Å². The first-order valence-corrected chi connectivity index (χ1v) is 12.5. The van der Waals surface area contributed by atoms with Crippen LogP contribution in [0.4, 0.5) is 10.2 Å². The van der Waals surface area contributed by atoms with Crippen LogP contribution in [0.15, 0.2) is 80.3 Å². The zero-order valence-electron chi connectivity index (χ0n) is 21.3. The molecule has 4 heterocycles. The van der Waals surface area contributed by atoms with Gasteiger partial charge in [0.1, 0.15) is 17.5 Å². The van der Waals surface area contributed by atoms with E-state index in [0.29, 0.717) is 41.5 Å². The third-order valence-corrected chi connectivity index (χ3v) is 6.14. The smallest absolute Gasteiger partial charge is 0.167 e. The number of hydrogen-bond donors (Lipinski definition) is 1. The number of aromatic nitrogens is 6. The van der Waals surface area contributed by atoms with Gasteiger partial charge in [0.25, 0.3) is 0 Å². The lowest BCUT2D eigenvalue weighted by Gasteiger charge is -2.12. The van der Waals surface area contributed by atoms with Crippen molar-refractivity contribution in [3.63, 3.8) is 0 Å². The number of nitrogen functional groups attached to an aromatic ring is 1. The van der Waals surface area contributed by atoms with Gasteiger partial charge in [0.05, 0.1) is 5.56 Å². The van der Waals surface area contributed by atoms with Crippen molar-refractivity contribution in [1.82, 2.24) is 29.3 Å². The Balaban J connectivity index is 0.000000490. The number of pyridine rings is 2. The first-order valence-electron chi connectivity index (χ1n) is 12.5. The fraction of sp³-hybridized carbons (Fsp3) is 0.241. The van der Waals surface area contributed by atoms with Crippen LogP contribution in [0.5, 0.6) is 0 Å². The zero-order chi connectivity index (χ0) is 26.4. The van der Waals surface area contributed by atoms with Crippen LogP contribution in [0.3, 0.4) is 0 Å². The fourth-order valence-electron chi connectivity index (χ4n) is 4.20. The quantitative estimate of drug-likeness (QED) is 0.295. The predicted octanol–water partition coefficient (Wildman–Crippen LogP) is 6.30. The lowest BCUT2D eigenvalue weighted by Crippen LogP contribution is -2.04. The number of anilines is 1. The average Bonchev–Trinajstić information content (AvgIpc) is 3.67. The summed E-state index contributed by atoms with van der Waals surface area (Å²) in [7, 11) is 0. The Morgan fingerprint density at radius 3 is 2.46 bits per heavy atom. The maximum atomic E-state index is 14.0. The predicted molar refractivity (Wildman–Crippen MR) is 148 cm³/mol. The number of benzene rings is 1. The van der Waals surface area contributed by atoms with Crippen LogP contribution in [0, 0.1) is 0 Å². The molecule has 6 rings (SSSR count). The van der Waals surface area contributed by atoms with E-state index in [1.807, 2.05) is 59.3 Å². The third kappa shape index (κ3) is 5.28. The molecule has 0 fully saturated rings. The highest BCUT2D eigenvalue weighted by Crippen LogP contribution is 2.33. The van der Waals surface area contributed by atoms with Gasteiger partial charge in [0, 0.05) is 37.1 Å². The van der Waals surface area contributed by atoms with Crippen LogP contribution >= 0.6 is 0 Å². The van der Waals surface area contributed by atoms with Gasteiger partial charge in [-0.25, -0.2) is 24.0 Å². The lowest BCUT2D eigenvalue weighted by molar-refractivity contribution is 0.349. The number of imidazole rings is 1. The van der Waals surface area contributed by atoms with E-state index >= 15 is 0 Å². The molecule has 1 aliphatic rings. The van der Waals surface area contributed by atoms with Crippen molar-refractivity contribution < 1.29 is 4.39 Å². The van der Waals surface area contributed by atoms with Gasteiger partial charge >= 0.3 is 0 Å². The summed E-state index contributed by atoms with van der Waals surface area (Å²) < 4.78 is 17.6. The topological polar surface area (TPSA) is 87.4 Å². The van der Waals surface area contributed by atoms with E-state index in [0.717, 1.165) is 22.3 Å². The number of hydrogen-bond acceptors (Lipinski definition) is 5.